The molecule has 0 aromatic carbocycles. The molecule has 8 heteroatoms. The summed E-state index contributed by atoms with van der Waals surface area (Å²) < 4.78 is 1.90. The first kappa shape index (κ1) is 17.3. The molecule has 0 radical (unpaired) electrons. The van der Waals surface area contributed by atoms with Gasteiger partial charge in [0.2, 0.25) is 0 Å². The summed E-state index contributed by atoms with van der Waals surface area (Å²) in [5.74, 6) is 0.666. The topological polar surface area (TPSA) is 99.6 Å². The zero-order valence-corrected chi connectivity index (χ0v) is 16.0. The third-order valence-corrected chi connectivity index (χ3v) is 5.20. The van der Waals surface area contributed by atoms with Crippen molar-refractivity contribution in [2.45, 2.75) is 26.7 Å². The van der Waals surface area contributed by atoms with Gasteiger partial charge in [0.25, 0.3) is 5.91 Å². The molecule has 0 aliphatic rings. The Balaban J connectivity index is 2.06. The number of fused-ring (bicyclic) bond motifs is 1. The van der Waals surface area contributed by atoms with Gasteiger partial charge in [-0.2, -0.15) is 0 Å². The molecule has 2 N–H and O–H groups in total. The van der Waals surface area contributed by atoms with E-state index in [0.29, 0.717) is 27.9 Å². The van der Waals surface area contributed by atoms with Crippen molar-refractivity contribution in [2.75, 3.05) is 0 Å². The van der Waals surface area contributed by atoms with Crippen LogP contribution in [0.3, 0.4) is 0 Å². The van der Waals surface area contributed by atoms with E-state index in [1.807, 2.05) is 28.4 Å². The minimum atomic E-state index is -0.560. The van der Waals surface area contributed by atoms with Crippen LogP contribution in [0.2, 0.25) is 0 Å². The van der Waals surface area contributed by atoms with Gasteiger partial charge in [0.1, 0.15) is 5.56 Å². The first-order valence-electron chi connectivity index (χ1n) is 8.51. The fourth-order valence-corrected chi connectivity index (χ4v) is 3.75. The highest BCUT2D eigenvalue weighted by Crippen LogP contribution is 2.31. The third-order valence-electron chi connectivity index (χ3n) is 4.43. The molecule has 0 bridgehead atoms. The summed E-state index contributed by atoms with van der Waals surface area (Å²) in [6.45, 7) is 6.00. The molecule has 0 saturated carbocycles. The van der Waals surface area contributed by atoms with E-state index < -0.39 is 5.91 Å². The number of nitrogens with two attached hydrogens (primary N) is 1. The van der Waals surface area contributed by atoms with Gasteiger partial charge in [-0.3, -0.25) is 9.78 Å². The number of aromatic nitrogens is 5. The molecule has 0 aliphatic carbocycles. The summed E-state index contributed by atoms with van der Waals surface area (Å²) in [5.41, 5.74) is 8.55. The Morgan fingerprint density at radius 1 is 1.26 bits per heavy atom. The lowest BCUT2D eigenvalue weighted by molar-refractivity contribution is 0.0999. The molecule has 4 aromatic rings. The molecule has 0 aliphatic heterocycles. The maximum atomic E-state index is 12.2. The molecule has 136 valence electrons. The lowest BCUT2D eigenvalue weighted by Crippen LogP contribution is -2.19. The molecule has 0 fully saturated rings. The largest absolute Gasteiger partial charge is 0.365 e. The molecular weight excluding hydrogens is 360 g/mol. The van der Waals surface area contributed by atoms with Crippen LogP contribution in [0.15, 0.2) is 36.2 Å². The van der Waals surface area contributed by atoms with E-state index in [2.05, 4.69) is 33.8 Å². The molecule has 0 saturated heterocycles. The zero-order chi connectivity index (χ0) is 19.1. The smallest absolute Gasteiger partial charge is 0.254 e. The molecular formula is C19H18N6OS. The number of thiazole rings is 1. The van der Waals surface area contributed by atoms with Crippen LogP contribution in [0.25, 0.3) is 27.6 Å². The second kappa shape index (κ2) is 6.55. The van der Waals surface area contributed by atoms with E-state index in [4.69, 9.17) is 5.73 Å². The monoisotopic (exact) mass is 378 g/mol. The Morgan fingerprint density at radius 2 is 2.07 bits per heavy atom. The summed E-state index contributed by atoms with van der Waals surface area (Å²) in [6, 6.07) is 1.91. The van der Waals surface area contributed by atoms with Crippen molar-refractivity contribution in [2.24, 2.45) is 5.73 Å². The van der Waals surface area contributed by atoms with E-state index in [-0.39, 0.29) is 5.92 Å². The van der Waals surface area contributed by atoms with Crippen molar-refractivity contribution in [3.05, 3.63) is 53.1 Å². The predicted octanol–water partition coefficient (Wildman–Crippen LogP) is 3.47. The van der Waals surface area contributed by atoms with Crippen LogP contribution in [0.4, 0.5) is 0 Å². The Labute approximate surface area is 159 Å². The normalized spacial score (nSPS) is 11.4. The molecule has 4 heterocycles. The van der Waals surface area contributed by atoms with Crippen LogP contribution in [-0.2, 0) is 0 Å². The number of hydrogen-bond donors (Lipinski definition) is 1. The van der Waals surface area contributed by atoms with Gasteiger partial charge in [0.05, 0.1) is 11.2 Å². The average molecular weight is 378 g/mol. The number of carbonyl (C=O) groups is 1. The van der Waals surface area contributed by atoms with Crippen LogP contribution in [-0.4, -0.2) is 30.4 Å². The number of aryl methyl sites for hydroxylation is 1. The molecule has 27 heavy (non-hydrogen) atoms. The van der Waals surface area contributed by atoms with Gasteiger partial charge >= 0.3 is 0 Å². The number of carbonyl (C=O) groups excluding carboxylic acids is 1. The summed E-state index contributed by atoms with van der Waals surface area (Å²) >= 11 is 1.45. The van der Waals surface area contributed by atoms with Crippen LogP contribution in [0, 0.1) is 6.92 Å². The van der Waals surface area contributed by atoms with Crippen LogP contribution in [0.1, 0.15) is 41.4 Å². The number of amides is 1. The fraction of sp³-hybridized carbons (Fsp3) is 0.211. The highest BCUT2D eigenvalue weighted by molar-refractivity contribution is 7.13. The highest BCUT2D eigenvalue weighted by Gasteiger charge is 2.22. The molecule has 0 unspecified atom stereocenters. The Kier molecular flexibility index (Phi) is 4.19. The van der Waals surface area contributed by atoms with Crippen molar-refractivity contribution in [3.8, 4) is 16.6 Å². The minimum absolute atomic E-state index is 0.288. The van der Waals surface area contributed by atoms with E-state index in [9.17, 15) is 4.79 Å². The minimum Gasteiger partial charge on any atom is -0.365 e. The van der Waals surface area contributed by atoms with E-state index in [1.165, 1.54) is 11.3 Å². The quantitative estimate of drug-likeness (QED) is 0.586. The molecule has 4 rings (SSSR count). The van der Waals surface area contributed by atoms with Gasteiger partial charge in [-0.1, -0.05) is 13.8 Å². The maximum absolute atomic E-state index is 12.2. The molecule has 7 nitrogen and oxygen atoms in total. The van der Waals surface area contributed by atoms with E-state index >= 15 is 0 Å². The second-order valence-corrected chi connectivity index (χ2v) is 7.43. The lowest BCUT2D eigenvalue weighted by atomic mass is 10.0. The first-order valence-corrected chi connectivity index (χ1v) is 9.39. The van der Waals surface area contributed by atoms with Crippen molar-refractivity contribution in [3.63, 3.8) is 0 Å². The van der Waals surface area contributed by atoms with Crippen molar-refractivity contribution < 1.29 is 4.79 Å². The summed E-state index contributed by atoms with van der Waals surface area (Å²) in [7, 11) is 0. The van der Waals surface area contributed by atoms with Gasteiger partial charge < -0.3 is 10.3 Å². The Morgan fingerprint density at radius 3 is 2.74 bits per heavy atom. The lowest BCUT2D eigenvalue weighted by Gasteiger charge is -2.12. The number of nitrogens with zero attached hydrogens (tertiary/aromatic N) is 5. The van der Waals surface area contributed by atoms with Gasteiger partial charge in [-0.25, -0.2) is 15.0 Å². The zero-order valence-electron chi connectivity index (χ0n) is 15.2. The van der Waals surface area contributed by atoms with Crippen molar-refractivity contribution in [1.82, 2.24) is 24.5 Å². The van der Waals surface area contributed by atoms with Gasteiger partial charge in [-0.15, -0.1) is 11.3 Å². The summed E-state index contributed by atoms with van der Waals surface area (Å²) in [6.07, 6.45) is 7.26. The van der Waals surface area contributed by atoms with E-state index in [0.717, 1.165) is 16.5 Å². The molecule has 1 amide bonds. The first-order chi connectivity index (χ1) is 13.0. The number of hydrogen-bond acceptors (Lipinski definition) is 6. The fourth-order valence-electron chi connectivity index (χ4n) is 3.18. The predicted molar refractivity (Wildman–Crippen MR) is 105 cm³/mol. The standard InChI is InChI=1S/C19H18N6OS/c1-10(2)13-9-25(14-4-5-21-8-12(13)14)18-15(16(20)26)11(3)23-17(24-18)19-22-6-7-27-19/h4-10H,1-3H3,(H2,20,26). The average Bonchev–Trinajstić information content (AvgIpc) is 3.28. The number of rotatable bonds is 4. The highest BCUT2D eigenvalue weighted by atomic mass is 32.1. The SMILES string of the molecule is Cc1nc(-c2nccs2)nc(-n2cc(C(C)C)c3cnccc32)c1C(N)=O. The summed E-state index contributed by atoms with van der Waals surface area (Å²) in [4.78, 5) is 29.9. The van der Waals surface area contributed by atoms with Gasteiger partial charge in [0.15, 0.2) is 16.6 Å². The number of primary amides is 1. The summed E-state index contributed by atoms with van der Waals surface area (Å²) in [5, 5.41) is 3.58. The Bertz CT molecular complexity index is 1150. The second-order valence-electron chi connectivity index (χ2n) is 6.53. The van der Waals surface area contributed by atoms with Crippen LogP contribution in [0.5, 0.6) is 0 Å². The number of pyridine rings is 1. The van der Waals surface area contributed by atoms with Gasteiger partial charge in [0, 0.05) is 35.6 Å². The van der Waals surface area contributed by atoms with Crippen molar-refractivity contribution in [1.29, 1.82) is 0 Å². The maximum Gasteiger partial charge on any atom is 0.254 e. The third kappa shape index (κ3) is 2.87. The Hall–Kier alpha value is -3.13. The molecule has 0 atom stereocenters. The van der Waals surface area contributed by atoms with Crippen LogP contribution < -0.4 is 5.73 Å². The van der Waals surface area contributed by atoms with E-state index in [1.54, 1.807) is 19.3 Å². The molecule has 4 aromatic heterocycles. The van der Waals surface area contributed by atoms with Gasteiger partial charge in [-0.05, 0) is 24.5 Å². The molecule has 0 spiro atoms. The van der Waals surface area contributed by atoms with Crippen molar-refractivity contribution >= 4 is 28.1 Å². The van der Waals surface area contributed by atoms with Crippen LogP contribution >= 0.6 is 11.3 Å².